The van der Waals surface area contributed by atoms with Gasteiger partial charge in [-0.2, -0.15) is 10.2 Å². The topological polar surface area (TPSA) is 77.6 Å². The Morgan fingerprint density at radius 2 is 1.89 bits per heavy atom. The summed E-state index contributed by atoms with van der Waals surface area (Å²) in [6, 6.07) is 13.6. The summed E-state index contributed by atoms with van der Waals surface area (Å²) in [5.41, 5.74) is 4.29. The monoisotopic (exact) mass is 372 g/mol. The van der Waals surface area contributed by atoms with E-state index in [4.69, 9.17) is 0 Å². The number of nitrogens with zero attached hydrogens (tertiary/aromatic N) is 5. The average Bonchev–Trinajstić information content (AvgIpc) is 3.37. The minimum atomic E-state index is -0.174. The van der Waals surface area contributed by atoms with Crippen LogP contribution in [0.25, 0.3) is 11.5 Å². The van der Waals surface area contributed by atoms with E-state index in [9.17, 15) is 4.79 Å². The number of carbonyl (C=O) groups is 1. The van der Waals surface area contributed by atoms with Gasteiger partial charge in [0.15, 0.2) is 5.82 Å². The first kappa shape index (κ1) is 17.7. The second kappa shape index (κ2) is 7.48. The van der Waals surface area contributed by atoms with Gasteiger partial charge in [-0.15, -0.1) is 0 Å². The first-order valence-electron chi connectivity index (χ1n) is 8.98. The zero-order chi connectivity index (χ0) is 19.5. The van der Waals surface area contributed by atoms with E-state index in [-0.39, 0.29) is 5.91 Å². The predicted octanol–water partition coefficient (Wildman–Crippen LogP) is 3.00. The minimum Gasteiger partial charge on any atom is -0.348 e. The molecule has 0 unspecified atom stereocenters. The van der Waals surface area contributed by atoms with Crippen LogP contribution in [-0.2, 0) is 6.54 Å². The summed E-state index contributed by atoms with van der Waals surface area (Å²) in [6.45, 7) is 4.26. The lowest BCUT2D eigenvalue weighted by atomic mass is 10.2. The summed E-state index contributed by atoms with van der Waals surface area (Å²) < 4.78 is 3.48. The molecule has 4 rings (SSSR count). The van der Waals surface area contributed by atoms with Gasteiger partial charge in [0.2, 0.25) is 0 Å². The molecule has 0 saturated heterocycles. The van der Waals surface area contributed by atoms with Crippen molar-refractivity contribution in [3.63, 3.8) is 0 Å². The van der Waals surface area contributed by atoms with Crippen molar-refractivity contribution < 1.29 is 4.79 Å². The fourth-order valence-electron chi connectivity index (χ4n) is 3.12. The fourth-order valence-corrected chi connectivity index (χ4v) is 3.12. The lowest BCUT2D eigenvalue weighted by Crippen LogP contribution is -2.24. The highest BCUT2D eigenvalue weighted by Gasteiger charge is 2.16. The molecule has 140 valence electrons. The zero-order valence-electron chi connectivity index (χ0n) is 15.7. The molecule has 0 aliphatic rings. The molecule has 7 heteroatoms. The summed E-state index contributed by atoms with van der Waals surface area (Å²) in [6.07, 6.45) is 6.83. The number of benzene rings is 1. The van der Waals surface area contributed by atoms with Crippen molar-refractivity contribution in [3.8, 4) is 11.5 Å². The van der Waals surface area contributed by atoms with E-state index in [1.807, 2.05) is 62.5 Å². The molecule has 3 heterocycles. The lowest BCUT2D eigenvalue weighted by Gasteiger charge is -2.10. The van der Waals surface area contributed by atoms with Crippen molar-refractivity contribution >= 4 is 5.91 Å². The van der Waals surface area contributed by atoms with E-state index in [1.165, 1.54) is 0 Å². The van der Waals surface area contributed by atoms with Crippen LogP contribution in [-0.4, -0.2) is 30.5 Å². The Balaban J connectivity index is 1.54. The van der Waals surface area contributed by atoms with Crippen LogP contribution in [0, 0.1) is 13.8 Å². The molecule has 7 nitrogen and oxygen atoms in total. The third kappa shape index (κ3) is 3.29. The van der Waals surface area contributed by atoms with Gasteiger partial charge in [0.05, 0.1) is 23.1 Å². The normalized spacial score (nSPS) is 10.8. The second-order valence-corrected chi connectivity index (χ2v) is 6.46. The molecule has 1 amide bonds. The molecule has 0 aliphatic heterocycles. The maximum Gasteiger partial charge on any atom is 0.255 e. The van der Waals surface area contributed by atoms with Crippen molar-refractivity contribution in [2.75, 3.05) is 0 Å². The number of rotatable bonds is 5. The Hall–Kier alpha value is -3.74. The van der Waals surface area contributed by atoms with Crippen molar-refractivity contribution in [1.82, 2.24) is 29.9 Å². The predicted molar refractivity (Wildman–Crippen MR) is 106 cm³/mol. The van der Waals surface area contributed by atoms with Gasteiger partial charge in [-0.1, -0.05) is 24.3 Å². The second-order valence-electron chi connectivity index (χ2n) is 6.46. The number of pyridine rings is 1. The maximum absolute atomic E-state index is 12.8. The largest absolute Gasteiger partial charge is 0.348 e. The number of hydrogen-bond acceptors (Lipinski definition) is 4. The molecule has 0 radical (unpaired) electrons. The van der Waals surface area contributed by atoms with Gasteiger partial charge in [-0.25, -0.2) is 14.3 Å². The van der Waals surface area contributed by atoms with Crippen LogP contribution in [0.5, 0.6) is 0 Å². The van der Waals surface area contributed by atoms with Crippen LogP contribution in [0.4, 0.5) is 0 Å². The Bertz CT molecular complexity index is 1110. The number of amides is 1. The number of carbonyl (C=O) groups excluding carboxylic acids is 1. The van der Waals surface area contributed by atoms with Gasteiger partial charge in [0.1, 0.15) is 0 Å². The van der Waals surface area contributed by atoms with Crippen LogP contribution in [0.2, 0.25) is 0 Å². The highest BCUT2D eigenvalue weighted by Crippen LogP contribution is 2.18. The molecule has 0 bridgehead atoms. The SMILES string of the molecule is Cc1ccccc1-n1ncc(C(=O)NCc2cccnc2-n2cccn2)c1C. The molecule has 0 aliphatic carbocycles. The van der Waals surface area contributed by atoms with E-state index in [0.29, 0.717) is 17.9 Å². The molecule has 4 aromatic rings. The molecule has 1 N–H and O–H groups in total. The highest BCUT2D eigenvalue weighted by molar-refractivity contribution is 5.95. The van der Waals surface area contributed by atoms with E-state index in [0.717, 1.165) is 22.5 Å². The summed E-state index contributed by atoms with van der Waals surface area (Å²) in [7, 11) is 0. The minimum absolute atomic E-state index is 0.174. The third-order valence-corrected chi connectivity index (χ3v) is 4.63. The summed E-state index contributed by atoms with van der Waals surface area (Å²) in [5.74, 6) is 0.521. The number of aryl methyl sites for hydroxylation is 1. The van der Waals surface area contributed by atoms with Crippen molar-refractivity contribution in [3.05, 3.63) is 89.6 Å². The van der Waals surface area contributed by atoms with Gasteiger partial charge in [-0.05, 0) is 37.6 Å². The summed E-state index contributed by atoms with van der Waals surface area (Å²) in [4.78, 5) is 17.1. The van der Waals surface area contributed by atoms with Gasteiger partial charge in [-0.3, -0.25) is 4.79 Å². The number of hydrogen-bond donors (Lipinski definition) is 1. The molecule has 0 atom stereocenters. The van der Waals surface area contributed by atoms with Crippen LogP contribution >= 0.6 is 0 Å². The van der Waals surface area contributed by atoms with Crippen molar-refractivity contribution in [2.45, 2.75) is 20.4 Å². The first-order chi connectivity index (χ1) is 13.6. The van der Waals surface area contributed by atoms with Gasteiger partial charge >= 0.3 is 0 Å². The Morgan fingerprint density at radius 1 is 1.04 bits per heavy atom. The molecule has 1 aromatic carbocycles. The number of para-hydroxylation sites is 1. The molecule has 0 spiro atoms. The Morgan fingerprint density at radius 3 is 2.68 bits per heavy atom. The van der Waals surface area contributed by atoms with Crippen LogP contribution in [0.1, 0.15) is 27.2 Å². The first-order valence-corrected chi connectivity index (χ1v) is 8.98. The maximum atomic E-state index is 12.8. The van der Waals surface area contributed by atoms with Crippen LogP contribution in [0.15, 0.2) is 67.3 Å². The Kier molecular flexibility index (Phi) is 4.72. The molecular weight excluding hydrogens is 352 g/mol. The molecular formula is C21H20N6O. The molecule has 0 saturated carbocycles. The summed E-state index contributed by atoms with van der Waals surface area (Å²) >= 11 is 0. The highest BCUT2D eigenvalue weighted by atomic mass is 16.1. The standard InChI is InChI=1S/C21H20N6O/c1-15-7-3-4-9-19(15)27-16(2)18(14-25-27)21(28)23-13-17-8-5-10-22-20(17)26-12-6-11-24-26/h3-12,14H,13H2,1-2H3,(H,23,28). The molecule has 3 aromatic heterocycles. The number of nitrogens with one attached hydrogen (secondary N) is 1. The smallest absolute Gasteiger partial charge is 0.255 e. The van der Waals surface area contributed by atoms with Gasteiger partial charge in [0, 0.05) is 30.7 Å². The fraction of sp³-hybridized carbons (Fsp3) is 0.143. The average molecular weight is 372 g/mol. The lowest BCUT2D eigenvalue weighted by molar-refractivity contribution is 0.0950. The quantitative estimate of drug-likeness (QED) is 0.584. The van der Waals surface area contributed by atoms with Crippen LogP contribution < -0.4 is 5.32 Å². The van der Waals surface area contributed by atoms with Crippen molar-refractivity contribution in [2.24, 2.45) is 0 Å². The van der Waals surface area contributed by atoms with Crippen molar-refractivity contribution in [1.29, 1.82) is 0 Å². The third-order valence-electron chi connectivity index (χ3n) is 4.63. The van der Waals surface area contributed by atoms with Crippen LogP contribution in [0.3, 0.4) is 0 Å². The van der Waals surface area contributed by atoms with E-state index < -0.39 is 0 Å². The van der Waals surface area contributed by atoms with E-state index in [2.05, 4.69) is 20.5 Å². The van der Waals surface area contributed by atoms with E-state index >= 15 is 0 Å². The Labute approximate surface area is 162 Å². The molecule has 0 fully saturated rings. The van der Waals surface area contributed by atoms with Gasteiger partial charge < -0.3 is 5.32 Å². The molecule has 28 heavy (non-hydrogen) atoms. The summed E-state index contributed by atoms with van der Waals surface area (Å²) in [5, 5.41) is 11.6. The van der Waals surface area contributed by atoms with E-state index in [1.54, 1.807) is 28.0 Å². The van der Waals surface area contributed by atoms with Gasteiger partial charge in [0.25, 0.3) is 5.91 Å². The number of aromatic nitrogens is 5. The zero-order valence-corrected chi connectivity index (χ0v) is 15.7.